The highest BCUT2D eigenvalue weighted by Crippen LogP contribution is 2.62. The molecule has 1 heterocycles. The normalized spacial score (nSPS) is 33.5. The van der Waals surface area contributed by atoms with Crippen LogP contribution in [0.2, 0.25) is 0 Å². The van der Waals surface area contributed by atoms with Crippen molar-refractivity contribution in [1.82, 2.24) is 0 Å². The van der Waals surface area contributed by atoms with Crippen LogP contribution in [0.1, 0.15) is 13.8 Å². The molecule has 0 N–H and O–H groups in total. The van der Waals surface area contributed by atoms with Gasteiger partial charge in [0.2, 0.25) is 0 Å². The molecule has 0 aromatic heterocycles. The van der Waals surface area contributed by atoms with Crippen LogP contribution in [0.5, 0.6) is 0 Å². The molecule has 1 rings (SSSR count). The molecule has 0 saturated heterocycles. The zero-order chi connectivity index (χ0) is 9.41. The molecule has 3 nitrogen and oxygen atoms in total. The third kappa shape index (κ3) is 1.88. The van der Waals surface area contributed by atoms with Crippen LogP contribution >= 0.6 is 29.3 Å². The van der Waals surface area contributed by atoms with Gasteiger partial charge in [-0.2, -0.15) is 0 Å². The summed E-state index contributed by atoms with van der Waals surface area (Å²) >= 11 is 0. The predicted octanol–water partition coefficient (Wildman–Crippen LogP) is 3.36. The monoisotopic (exact) mass is 228 g/mol. The average Bonchev–Trinajstić information content (AvgIpc) is 2.22. The highest BCUT2D eigenvalue weighted by atomic mass is 35.7. The highest BCUT2D eigenvalue weighted by Gasteiger charge is 2.42. The molecule has 1 unspecified atom stereocenters. The molecule has 0 amide bonds. The van der Waals surface area contributed by atoms with Crippen molar-refractivity contribution in [3.63, 3.8) is 0 Å². The molecule has 0 radical (unpaired) electrons. The van der Waals surface area contributed by atoms with Gasteiger partial charge in [0.05, 0.1) is 0 Å². The van der Waals surface area contributed by atoms with E-state index in [4.69, 9.17) is 19.7 Å². The van der Waals surface area contributed by atoms with Crippen LogP contribution in [-0.2, 0) is 13.6 Å². The zero-order valence-corrected chi connectivity index (χ0v) is 9.50. The van der Waals surface area contributed by atoms with E-state index in [1.165, 1.54) is 12.9 Å². The molecule has 6 heteroatoms. The SMILES string of the molecule is COP1(=O)C=C(SCl)C(C)(C)O1. The van der Waals surface area contributed by atoms with Crippen LogP contribution in [-0.4, -0.2) is 12.7 Å². The van der Waals surface area contributed by atoms with Gasteiger partial charge in [0.1, 0.15) is 5.60 Å². The summed E-state index contributed by atoms with van der Waals surface area (Å²) in [4.78, 5) is 0.731. The molecule has 70 valence electrons. The summed E-state index contributed by atoms with van der Waals surface area (Å²) in [5.74, 6) is 1.46. The van der Waals surface area contributed by atoms with E-state index in [2.05, 4.69) is 0 Å². The number of hydrogen-bond donors (Lipinski definition) is 0. The Labute approximate surface area is 80.5 Å². The summed E-state index contributed by atoms with van der Waals surface area (Å²) in [7, 11) is 4.93. The van der Waals surface area contributed by atoms with E-state index in [-0.39, 0.29) is 0 Å². The number of halogens is 1. The van der Waals surface area contributed by atoms with Gasteiger partial charge in [0.25, 0.3) is 0 Å². The molecular weight excluding hydrogens is 219 g/mol. The fourth-order valence-corrected chi connectivity index (χ4v) is 4.21. The lowest BCUT2D eigenvalue weighted by Gasteiger charge is -2.20. The Kier molecular flexibility index (Phi) is 2.96. The fraction of sp³-hybridized carbons (Fsp3) is 0.667. The van der Waals surface area contributed by atoms with Crippen molar-refractivity contribution >= 4 is 29.3 Å². The lowest BCUT2D eigenvalue weighted by Crippen LogP contribution is -2.19. The van der Waals surface area contributed by atoms with E-state index in [0.717, 1.165) is 15.9 Å². The largest absolute Gasteiger partial charge is 0.355 e. The van der Waals surface area contributed by atoms with Crippen molar-refractivity contribution in [3.8, 4) is 0 Å². The van der Waals surface area contributed by atoms with Gasteiger partial charge in [-0.3, -0.25) is 9.09 Å². The zero-order valence-electron chi connectivity index (χ0n) is 7.04. The minimum atomic E-state index is -3.01. The van der Waals surface area contributed by atoms with Crippen LogP contribution in [0.3, 0.4) is 0 Å². The van der Waals surface area contributed by atoms with Crippen LogP contribution in [0.25, 0.3) is 0 Å². The summed E-state index contributed by atoms with van der Waals surface area (Å²) in [6.07, 6.45) is 0. The molecule has 0 aliphatic carbocycles. The summed E-state index contributed by atoms with van der Waals surface area (Å²) in [5.41, 5.74) is -0.599. The van der Waals surface area contributed by atoms with Gasteiger partial charge in [-0.25, -0.2) is 0 Å². The van der Waals surface area contributed by atoms with Crippen LogP contribution in [0.15, 0.2) is 10.7 Å². The first kappa shape index (κ1) is 10.6. The Morgan fingerprint density at radius 2 is 2.33 bits per heavy atom. The van der Waals surface area contributed by atoms with Gasteiger partial charge in [-0.15, -0.1) is 0 Å². The highest BCUT2D eigenvalue weighted by molar-refractivity contribution is 8.24. The summed E-state index contributed by atoms with van der Waals surface area (Å²) in [6.45, 7) is 3.60. The van der Waals surface area contributed by atoms with Gasteiger partial charge in [-0.05, 0) is 35.5 Å². The Bertz CT molecular complexity index is 264. The summed E-state index contributed by atoms with van der Waals surface area (Å²) in [5, 5.41) is 0. The van der Waals surface area contributed by atoms with E-state index in [9.17, 15) is 4.57 Å². The van der Waals surface area contributed by atoms with Gasteiger partial charge in [0.15, 0.2) is 0 Å². The quantitative estimate of drug-likeness (QED) is 0.679. The van der Waals surface area contributed by atoms with Crippen molar-refractivity contribution in [2.75, 3.05) is 7.11 Å². The second-order valence-corrected chi connectivity index (χ2v) is 5.84. The topological polar surface area (TPSA) is 35.5 Å². The summed E-state index contributed by atoms with van der Waals surface area (Å²) in [6, 6.07) is 0. The van der Waals surface area contributed by atoms with Crippen molar-refractivity contribution in [3.05, 3.63) is 10.7 Å². The van der Waals surface area contributed by atoms with Gasteiger partial charge >= 0.3 is 7.60 Å². The first-order chi connectivity index (χ1) is 5.43. The number of rotatable bonds is 2. The maximum Gasteiger partial charge on any atom is 0.355 e. The summed E-state index contributed by atoms with van der Waals surface area (Å²) < 4.78 is 21.5. The molecule has 12 heavy (non-hydrogen) atoms. The van der Waals surface area contributed by atoms with Crippen LogP contribution in [0, 0.1) is 0 Å². The molecule has 0 spiro atoms. The molecule has 0 fully saturated rings. The smallest absolute Gasteiger partial charge is 0.309 e. The molecular formula is C6H10ClO3PS. The Balaban J connectivity index is 2.97. The maximum atomic E-state index is 11.6. The molecule has 0 aromatic rings. The van der Waals surface area contributed by atoms with Crippen molar-refractivity contribution < 1.29 is 13.6 Å². The van der Waals surface area contributed by atoms with Gasteiger partial charge < -0.3 is 4.52 Å². The lowest BCUT2D eigenvalue weighted by atomic mass is 10.1. The number of hydrogen-bond acceptors (Lipinski definition) is 4. The Hall–Kier alpha value is 0.530. The average molecular weight is 229 g/mol. The maximum absolute atomic E-state index is 11.6. The molecule has 1 aliphatic rings. The van der Waals surface area contributed by atoms with Crippen molar-refractivity contribution in [1.29, 1.82) is 0 Å². The molecule has 0 bridgehead atoms. The van der Waals surface area contributed by atoms with Crippen LogP contribution in [0.4, 0.5) is 0 Å². The van der Waals surface area contributed by atoms with Gasteiger partial charge in [-0.1, -0.05) is 0 Å². The minimum Gasteiger partial charge on any atom is -0.309 e. The van der Waals surface area contributed by atoms with E-state index in [1.54, 1.807) is 13.8 Å². The first-order valence-electron chi connectivity index (χ1n) is 3.32. The van der Waals surface area contributed by atoms with Crippen molar-refractivity contribution in [2.45, 2.75) is 19.4 Å². The van der Waals surface area contributed by atoms with E-state index in [0.29, 0.717) is 0 Å². The second kappa shape index (κ2) is 3.35. The third-order valence-corrected chi connectivity index (χ3v) is 4.81. The second-order valence-electron chi connectivity index (χ2n) is 2.89. The minimum absolute atomic E-state index is 0.599. The molecule has 1 aliphatic heterocycles. The predicted molar refractivity (Wildman–Crippen MR) is 51.3 cm³/mol. The standard InChI is InChI=1S/C6H10ClO3PS/c1-6(2)5(12-7)4-11(8,9-3)10-6/h4H,1-3H3. The lowest BCUT2D eigenvalue weighted by molar-refractivity contribution is 0.142. The Morgan fingerprint density at radius 3 is 2.58 bits per heavy atom. The van der Waals surface area contributed by atoms with Gasteiger partial charge in [0, 0.05) is 17.8 Å². The Morgan fingerprint density at radius 1 is 1.75 bits per heavy atom. The van der Waals surface area contributed by atoms with E-state index in [1.807, 2.05) is 0 Å². The van der Waals surface area contributed by atoms with Crippen molar-refractivity contribution in [2.24, 2.45) is 0 Å². The molecule has 0 saturated carbocycles. The first-order valence-corrected chi connectivity index (χ1v) is 6.57. The molecule has 0 aromatic carbocycles. The van der Waals surface area contributed by atoms with E-state index >= 15 is 0 Å². The fourth-order valence-electron chi connectivity index (χ4n) is 0.891. The van der Waals surface area contributed by atoms with E-state index < -0.39 is 13.2 Å². The third-order valence-electron chi connectivity index (χ3n) is 1.56. The molecule has 1 atom stereocenters. The van der Waals surface area contributed by atoms with Crippen LogP contribution < -0.4 is 0 Å².